The number of rotatable bonds is 8. The Bertz CT molecular complexity index is 1460. The Hall–Kier alpha value is -2.28. The van der Waals surface area contributed by atoms with E-state index in [-0.39, 0.29) is 60.2 Å². The molecule has 2 saturated heterocycles. The van der Waals surface area contributed by atoms with Crippen LogP contribution in [0.25, 0.3) is 0 Å². The number of hydrogen-bond donors (Lipinski definition) is 4. The Kier molecular flexibility index (Phi) is 7.61. The topological polar surface area (TPSA) is 176 Å². The lowest BCUT2D eigenvalue weighted by atomic mass is 10.0. The van der Waals surface area contributed by atoms with Gasteiger partial charge in [-0.2, -0.15) is 8.61 Å². The molecule has 2 N–H and O–H groups in total. The number of piperidine rings is 1. The second-order valence-electron chi connectivity index (χ2n) is 8.06. The summed E-state index contributed by atoms with van der Waals surface area (Å²) in [6, 6.07) is 10.5. The van der Waals surface area contributed by atoms with Gasteiger partial charge in [-0.05, 0) is 48.5 Å². The van der Waals surface area contributed by atoms with Crippen molar-refractivity contribution in [1.82, 2.24) is 8.61 Å². The fraction of sp³-hybridized carbons (Fsp3) is 0.368. The van der Waals surface area contributed by atoms with Crippen molar-refractivity contribution >= 4 is 53.2 Å². The van der Waals surface area contributed by atoms with Gasteiger partial charge in [-0.15, -0.1) is 0 Å². The molecule has 1 spiro atoms. The molecule has 2 heterocycles. The molecule has 0 aromatic heterocycles. The predicted molar refractivity (Wildman–Crippen MR) is 131 cm³/mol. The van der Waals surface area contributed by atoms with Gasteiger partial charge in [0, 0.05) is 43.9 Å². The fourth-order valence-electron chi connectivity index (χ4n) is 4.29. The summed E-state index contributed by atoms with van der Waals surface area (Å²) in [5.41, 5.74) is -0.747. The van der Waals surface area contributed by atoms with Crippen LogP contribution in [0.2, 0.25) is 0 Å². The molecule has 2 fully saturated rings. The maximum atomic E-state index is 13.4. The first-order chi connectivity index (χ1) is 16.9. The monoisotopic (exact) mass is 580 g/mol. The van der Waals surface area contributed by atoms with Gasteiger partial charge in [0.05, 0.1) is 16.4 Å². The standard InChI is InChI=1S/C19H24N4O9S4/c24-33(25)20-15-1-5-17(6-2-15)35(28,29)22-11-9-19(10-12-22)23(13-14-32-19)36(30,31)18-7-3-16(4-8-18)21-34(26)27/h1-8,33-34H,9-14H2,(H,20,24,25)(H,21,26,27). The molecule has 198 valence electrons. The first kappa shape index (κ1) is 26.8. The second-order valence-corrected chi connectivity index (χ2v) is 13.3. The van der Waals surface area contributed by atoms with E-state index < -0.39 is 47.6 Å². The molecular weight excluding hydrogens is 556 g/mol. The molecule has 17 heteroatoms. The van der Waals surface area contributed by atoms with Crippen molar-refractivity contribution < 1.29 is 38.4 Å². The van der Waals surface area contributed by atoms with E-state index in [0.29, 0.717) is 0 Å². The molecule has 0 atom stereocenters. The quantitative estimate of drug-likeness (QED) is 0.307. The van der Waals surface area contributed by atoms with Gasteiger partial charge in [0.2, 0.25) is 41.8 Å². The van der Waals surface area contributed by atoms with Crippen LogP contribution in [0.4, 0.5) is 11.4 Å². The molecule has 0 amide bonds. The van der Waals surface area contributed by atoms with Crippen LogP contribution in [0.5, 0.6) is 0 Å². The third kappa shape index (κ3) is 5.36. The van der Waals surface area contributed by atoms with Gasteiger partial charge in [0.25, 0.3) is 0 Å². The van der Waals surface area contributed by atoms with E-state index in [1.165, 1.54) is 57.1 Å². The third-order valence-electron chi connectivity index (χ3n) is 6.00. The molecule has 2 aromatic rings. The zero-order chi connectivity index (χ0) is 26.1. The van der Waals surface area contributed by atoms with Crippen molar-refractivity contribution in [3.05, 3.63) is 48.5 Å². The van der Waals surface area contributed by atoms with Crippen molar-refractivity contribution in [2.24, 2.45) is 0 Å². The van der Waals surface area contributed by atoms with E-state index in [0.717, 1.165) is 0 Å². The van der Waals surface area contributed by atoms with Crippen molar-refractivity contribution in [3.63, 3.8) is 0 Å². The molecule has 0 saturated carbocycles. The second kappa shape index (κ2) is 10.2. The molecule has 0 bridgehead atoms. The molecule has 36 heavy (non-hydrogen) atoms. The molecule has 4 rings (SSSR count). The summed E-state index contributed by atoms with van der Waals surface area (Å²) in [5, 5.41) is 0. The van der Waals surface area contributed by atoms with E-state index >= 15 is 0 Å². The van der Waals surface area contributed by atoms with Crippen LogP contribution >= 0.6 is 0 Å². The highest BCUT2D eigenvalue weighted by molar-refractivity contribution is 7.89. The lowest BCUT2D eigenvalue weighted by Gasteiger charge is -2.42. The van der Waals surface area contributed by atoms with Crippen molar-refractivity contribution in [2.45, 2.75) is 28.4 Å². The van der Waals surface area contributed by atoms with Crippen LogP contribution in [0.1, 0.15) is 12.8 Å². The highest BCUT2D eigenvalue weighted by atomic mass is 32.2. The molecular formula is C19H24N4O9S4. The van der Waals surface area contributed by atoms with Crippen LogP contribution in [0.3, 0.4) is 0 Å². The Morgan fingerprint density at radius 3 is 1.58 bits per heavy atom. The molecule has 0 aliphatic carbocycles. The predicted octanol–water partition coefficient (Wildman–Crippen LogP) is -0.235. The number of nitrogens with zero attached hydrogens (tertiary/aromatic N) is 2. The van der Waals surface area contributed by atoms with Crippen LogP contribution in [0, 0.1) is 0 Å². The Morgan fingerprint density at radius 2 is 1.14 bits per heavy atom. The van der Waals surface area contributed by atoms with Gasteiger partial charge < -0.3 is 4.74 Å². The zero-order valence-electron chi connectivity index (χ0n) is 18.6. The van der Waals surface area contributed by atoms with Crippen molar-refractivity contribution in [3.8, 4) is 0 Å². The summed E-state index contributed by atoms with van der Waals surface area (Å²) in [4.78, 5) is -0.0573. The van der Waals surface area contributed by atoms with Gasteiger partial charge in [0.15, 0.2) is 0 Å². The van der Waals surface area contributed by atoms with Crippen LogP contribution in [-0.2, 0) is 46.6 Å². The number of hydrogen-bond acceptors (Lipinski definition) is 9. The maximum absolute atomic E-state index is 13.4. The SMILES string of the molecule is O=[SH](=O)Nc1ccc(S(=O)(=O)N2CCC3(CC2)OCCN3S(=O)(=O)c2ccc(N[SH](=O)=O)cc2)cc1. The van der Waals surface area contributed by atoms with Crippen LogP contribution in [-0.4, -0.2) is 74.2 Å². The zero-order valence-corrected chi connectivity index (χ0v) is 22.1. The number of sulfonamides is 2. The highest BCUT2D eigenvalue weighted by Crippen LogP contribution is 2.39. The molecule has 0 radical (unpaired) electrons. The van der Waals surface area contributed by atoms with E-state index in [1.54, 1.807) is 0 Å². The average molecular weight is 581 g/mol. The van der Waals surface area contributed by atoms with Crippen LogP contribution < -0.4 is 9.44 Å². The number of ether oxygens (including phenoxy) is 1. The summed E-state index contributed by atoms with van der Waals surface area (Å²) < 4.78 is 109. The largest absolute Gasteiger partial charge is 0.358 e. The van der Waals surface area contributed by atoms with Gasteiger partial charge >= 0.3 is 0 Å². The summed E-state index contributed by atoms with van der Waals surface area (Å²) in [6.45, 7) is 0.275. The number of benzene rings is 2. The number of anilines is 2. The molecule has 2 aromatic carbocycles. The van der Waals surface area contributed by atoms with Gasteiger partial charge in [0.1, 0.15) is 5.72 Å². The average Bonchev–Trinajstić information content (AvgIpc) is 3.23. The minimum atomic E-state index is -4.01. The third-order valence-corrected chi connectivity index (χ3v) is 10.8. The van der Waals surface area contributed by atoms with Gasteiger partial charge in [-0.1, -0.05) is 0 Å². The van der Waals surface area contributed by atoms with E-state index in [4.69, 9.17) is 4.74 Å². The Morgan fingerprint density at radius 1 is 0.694 bits per heavy atom. The first-order valence-corrected chi connectivity index (χ1v) is 15.9. The minimum Gasteiger partial charge on any atom is -0.358 e. The Labute approximate surface area is 212 Å². The van der Waals surface area contributed by atoms with E-state index in [1.807, 2.05) is 0 Å². The van der Waals surface area contributed by atoms with Gasteiger partial charge in [-0.25, -0.2) is 33.7 Å². The maximum Gasteiger partial charge on any atom is 0.245 e. The summed E-state index contributed by atoms with van der Waals surface area (Å²) in [5.74, 6) is 0. The van der Waals surface area contributed by atoms with E-state index in [2.05, 4.69) is 9.44 Å². The summed E-state index contributed by atoms with van der Waals surface area (Å²) in [6.07, 6.45) is 0.218. The lowest BCUT2D eigenvalue weighted by Crippen LogP contribution is -2.55. The minimum absolute atomic E-state index is 0.0141. The number of thiol groups is 2. The smallest absolute Gasteiger partial charge is 0.245 e. The first-order valence-electron chi connectivity index (χ1n) is 10.6. The lowest BCUT2D eigenvalue weighted by molar-refractivity contribution is -0.0806. The summed E-state index contributed by atoms with van der Waals surface area (Å²) >= 11 is 0. The van der Waals surface area contributed by atoms with Crippen molar-refractivity contribution in [2.75, 3.05) is 35.7 Å². The number of nitrogens with one attached hydrogen (secondary N) is 2. The molecule has 2 aliphatic heterocycles. The molecule has 13 nitrogen and oxygen atoms in total. The highest BCUT2D eigenvalue weighted by Gasteiger charge is 2.51. The van der Waals surface area contributed by atoms with Crippen LogP contribution in [0.15, 0.2) is 58.3 Å². The normalized spacial score (nSPS) is 19.2. The van der Waals surface area contributed by atoms with Crippen molar-refractivity contribution in [1.29, 1.82) is 0 Å². The molecule has 2 aliphatic rings. The van der Waals surface area contributed by atoms with E-state index in [9.17, 15) is 33.7 Å². The molecule has 0 unspecified atom stereocenters. The summed E-state index contributed by atoms with van der Waals surface area (Å²) in [7, 11) is -13.7. The Balaban J connectivity index is 1.50. The van der Waals surface area contributed by atoms with Gasteiger partial charge in [-0.3, -0.25) is 9.44 Å². The fourth-order valence-corrected chi connectivity index (χ4v) is 8.18.